The van der Waals surface area contributed by atoms with E-state index in [1.807, 2.05) is 42.5 Å². The Balaban J connectivity index is 1.98. The molecular weight excluding hydrogens is 394 g/mol. The van der Waals surface area contributed by atoms with Gasteiger partial charge < -0.3 is 0 Å². The third kappa shape index (κ3) is 5.24. The van der Waals surface area contributed by atoms with E-state index in [4.69, 9.17) is 0 Å². The summed E-state index contributed by atoms with van der Waals surface area (Å²) in [7, 11) is -4.05. The summed E-state index contributed by atoms with van der Waals surface area (Å²) < 4.78 is 27.5. The molecule has 0 spiro atoms. The van der Waals surface area contributed by atoms with Gasteiger partial charge in [-0.25, -0.2) is 8.42 Å². The van der Waals surface area contributed by atoms with Crippen LogP contribution in [0.1, 0.15) is 30.9 Å². The lowest BCUT2D eigenvalue weighted by atomic mass is 10.1. The van der Waals surface area contributed by atoms with Crippen molar-refractivity contribution in [2.75, 3.05) is 4.31 Å². The Morgan fingerprint density at radius 2 is 1.47 bits per heavy atom. The molecule has 4 nitrogen and oxygen atoms in total. The lowest BCUT2D eigenvalue weighted by Gasteiger charge is -2.21. The smallest absolute Gasteiger partial charge is 0.268 e. The highest BCUT2D eigenvalue weighted by atomic mass is 32.2. The second-order valence-corrected chi connectivity index (χ2v) is 8.72. The van der Waals surface area contributed by atoms with Crippen molar-refractivity contribution in [2.45, 2.75) is 31.1 Å². The second kappa shape index (κ2) is 10.0. The van der Waals surface area contributed by atoms with Gasteiger partial charge >= 0.3 is 0 Å². The number of benzene rings is 3. The van der Waals surface area contributed by atoms with Crippen LogP contribution in [0.5, 0.6) is 0 Å². The molecule has 0 aliphatic rings. The summed E-state index contributed by atoms with van der Waals surface area (Å²) in [5.74, 6) is -0.621. The summed E-state index contributed by atoms with van der Waals surface area (Å²) in [6, 6.07) is 24.5. The standard InChI is InChI=1S/C25H25NO3S/c1-2-3-10-22-15-18-23(19-16-22)26(30(28,29)24-13-8-5-9-14-24)25(27)20-17-21-11-6-4-7-12-21/h4-9,11-20H,2-3,10H2,1H3/b20-17+. The normalized spacial score (nSPS) is 11.5. The fourth-order valence-corrected chi connectivity index (χ4v) is 4.47. The van der Waals surface area contributed by atoms with Gasteiger partial charge in [0.2, 0.25) is 0 Å². The Labute approximate surface area is 178 Å². The van der Waals surface area contributed by atoms with Gasteiger partial charge in [-0.3, -0.25) is 4.79 Å². The molecule has 0 saturated carbocycles. The van der Waals surface area contributed by atoms with Crippen LogP contribution in [0.3, 0.4) is 0 Å². The summed E-state index contributed by atoms with van der Waals surface area (Å²) in [5.41, 5.74) is 2.25. The first-order valence-electron chi connectivity index (χ1n) is 9.99. The van der Waals surface area contributed by atoms with Gasteiger partial charge in [-0.05, 0) is 54.3 Å². The van der Waals surface area contributed by atoms with E-state index in [1.54, 1.807) is 36.4 Å². The van der Waals surface area contributed by atoms with Crippen molar-refractivity contribution in [1.29, 1.82) is 0 Å². The highest BCUT2D eigenvalue weighted by Crippen LogP contribution is 2.25. The monoisotopic (exact) mass is 419 g/mol. The average Bonchev–Trinajstić information content (AvgIpc) is 2.78. The third-order valence-corrected chi connectivity index (χ3v) is 6.43. The van der Waals surface area contributed by atoms with Gasteiger partial charge in [-0.1, -0.05) is 74.0 Å². The SMILES string of the molecule is CCCCc1ccc(N(C(=O)/C=C/c2ccccc2)S(=O)(=O)c2ccccc2)cc1. The Kier molecular flexibility index (Phi) is 7.20. The average molecular weight is 420 g/mol. The maximum atomic E-state index is 13.3. The molecule has 0 saturated heterocycles. The van der Waals surface area contributed by atoms with E-state index in [2.05, 4.69) is 6.92 Å². The van der Waals surface area contributed by atoms with Crippen LogP contribution in [-0.2, 0) is 21.2 Å². The van der Waals surface area contributed by atoms with E-state index < -0.39 is 15.9 Å². The van der Waals surface area contributed by atoms with Crippen LogP contribution in [0.15, 0.2) is 95.9 Å². The van der Waals surface area contributed by atoms with E-state index in [1.165, 1.54) is 18.2 Å². The fourth-order valence-electron chi connectivity index (χ4n) is 3.06. The minimum absolute atomic E-state index is 0.0709. The first kappa shape index (κ1) is 21.5. The van der Waals surface area contributed by atoms with E-state index in [0.29, 0.717) is 5.69 Å². The molecule has 5 heteroatoms. The minimum atomic E-state index is -4.05. The van der Waals surface area contributed by atoms with Crippen LogP contribution in [0.2, 0.25) is 0 Å². The molecule has 0 aliphatic heterocycles. The van der Waals surface area contributed by atoms with Crippen molar-refractivity contribution < 1.29 is 13.2 Å². The predicted molar refractivity (Wildman–Crippen MR) is 122 cm³/mol. The number of amides is 1. The van der Waals surface area contributed by atoms with Gasteiger partial charge in [0.1, 0.15) is 0 Å². The molecule has 154 valence electrons. The first-order valence-corrected chi connectivity index (χ1v) is 11.4. The highest BCUT2D eigenvalue weighted by molar-refractivity contribution is 7.93. The quantitative estimate of drug-likeness (QED) is 0.455. The molecule has 3 aromatic carbocycles. The van der Waals surface area contributed by atoms with Gasteiger partial charge in [0.15, 0.2) is 0 Å². The van der Waals surface area contributed by atoms with Gasteiger partial charge in [-0.2, -0.15) is 4.31 Å². The largest absolute Gasteiger partial charge is 0.271 e. The van der Waals surface area contributed by atoms with Crippen LogP contribution >= 0.6 is 0 Å². The third-order valence-electron chi connectivity index (χ3n) is 4.69. The summed E-state index contributed by atoms with van der Waals surface area (Å²) in [6.45, 7) is 2.13. The van der Waals surface area contributed by atoms with E-state index >= 15 is 0 Å². The van der Waals surface area contributed by atoms with Crippen LogP contribution in [-0.4, -0.2) is 14.3 Å². The molecule has 0 fully saturated rings. The van der Waals surface area contributed by atoms with Gasteiger partial charge in [-0.15, -0.1) is 0 Å². The number of hydrogen-bond acceptors (Lipinski definition) is 3. The number of unbranched alkanes of at least 4 members (excludes halogenated alkanes) is 1. The second-order valence-electron chi connectivity index (χ2n) is 6.93. The molecule has 3 aromatic rings. The Hall–Kier alpha value is -3.18. The summed E-state index contributed by atoms with van der Waals surface area (Å²) >= 11 is 0. The Morgan fingerprint density at radius 3 is 2.07 bits per heavy atom. The lowest BCUT2D eigenvalue weighted by molar-refractivity contribution is -0.113. The molecule has 3 rings (SSSR count). The topological polar surface area (TPSA) is 54.5 Å². The maximum absolute atomic E-state index is 13.3. The van der Waals surface area contributed by atoms with E-state index in [0.717, 1.165) is 34.7 Å². The molecule has 0 radical (unpaired) electrons. The van der Waals surface area contributed by atoms with Crippen molar-refractivity contribution in [2.24, 2.45) is 0 Å². The number of sulfonamides is 1. The maximum Gasteiger partial charge on any atom is 0.271 e. The van der Waals surface area contributed by atoms with Crippen molar-refractivity contribution >= 4 is 27.7 Å². The first-order chi connectivity index (χ1) is 14.5. The fraction of sp³-hybridized carbons (Fsp3) is 0.160. The van der Waals surface area contributed by atoms with E-state index in [9.17, 15) is 13.2 Å². The van der Waals surface area contributed by atoms with Gasteiger partial charge in [0, 0.05) is 6.08 Å². The minimum Gasteiger partial charge on any atom is -0.268 e. The summed E-state index contributed by atoms with van der Waals surface area (Å²) in [6.07, 6.45) is 5.97. The number of hydrogen-bond donors (Lipinski definition) is 0. The Morgan fingerprint density at radius 1 is 0.867 bits per heavy atom. The van der Waals surface area contributed by atoms with Crippen molar-refractivity contribution in [3.8, 4) is 0 Å². The number of aryl methyl sites for hydroxylation is 1. The number of carbonyl (C=O) groups is 1. The van der Waals surface area contributed by atoms with Crippen LogP contribution in [0.4, 0.5) is 5.69 Å². The summed E-state index contributed by atoms with van der Waals surface area (Å²) in [5, 5.41) is 0. The van der Waals surface area contributed by atoms with Crippen LogP contribution < -0.4 is 4.31 Å². The molecule has 0 aromatic heterocycles. The lowest BCUT2D eigenvalue weighted by Crippen LogP contribution is -2.35. The molecule has 0 heterocycles. The van der Waals surface area contributed by atoms with Crippen LogP contribution in [0.25, 0.3) is 6.08 Å². The zero-order valence-electron chi connectivity index (χ0n) is 16.9. The van der Waals surface area contributed by atoms with Crippen molar-refractivity contribution in [3.63, 3.8) is 0 Å². The Bertz CT molecular complexity index is 1090. The number of anilines is 1. The molecule has 0 bridgehead atoms. The number of nitrogens with zero attached hydrogens (tertiary/aromatic N) is 1. The van der Waals surface area contributed by atoms with E-state index in [-0.39, 0.29) is 4.90 Å². The highest BCUT2D eigenvalue weighted by Gasteiger charge is 2.29. The molecule has 1 amide bonds. The van der Waals surface area contributed by atoms with Crippen molar-refractivity contribution in [1.82, 2.24) is 0 Å². The molecule has 30 heavy (non-hydrogen) atoms. The number of rotatable bonds is 8. The van der Waals surface area contributed by atoms with Gasteiger partial charge in [0.25, 0.3) is 15.9 Å². The predicted octanol–water partition coefficient (Wildman–Crippen LogP) is 5.46. The van der Waals surface area contributed by atoms with Crippen LogP contribution in [0, 0.1) is 0 Å². The zero-order valence-corrected chi connectivity index (χ0v) is 17.8. The molecule has 0 unspecified atom stereocenters. The molecule has 0 atom stereocenters. The molecule has 0 N–H and O–H groups in total. The van der Waals surface area contributed by atoms with Crippen molar-refractivity contribution in [3.05, 3.63) is 102 Å². The molecular formula is C25H25NO3S. The number of carbonyl (C=O) groups excluding carboxylic acids is 1. The zero-order chi connectivity index (χ0) is 21.4. The molecule has 0 aliphatic carbocycles. The summed E-state index contributed by atoms with van der Waals surface area (Å²) in [4.78, 5) is 13.1. The van der Waals surface area contributed by atoms with Gasteiger partial charge in [0.05, 0.1) is 10.6 Å².